The van der Waals surface area contributed by atoms with Crippen molar-refractivity contribution < 1.29 is 0 Å². The average Bonchev–Trinajstić information content (AvgIpc) is 3.17. The molecule has 0 fully saturated rings. The van der Waals surface area contributed by atoms with E-state index in [2.05, 4.69) is 82.4 Å². The van der Waals surface area contributed by atoms with Crippen molar-refractivity contribution in [3.63, 3.8) is 0 Å². The van der Waals surface area contributed by atoms with E-state index >= 15 is 0 Å². The van der Waals surface area contributed by atoms with E-state index < -0.39 is 0 Å². The number of benzene rings is 1. The highest BCUT2D eigenvalue weighted by atomic mass is 15.3. The van der Waals surface area contributed by atoms with Crippen LogP contribution >= 0.6 is 0 Å². The zero-order valence-electron chi connectivity index (χ0n) is 18.2. The Hall–Kier alpha value is -2.36. The van der Waals surface area contributed by atoms with Crippen LogP contribution in [0.3, 0.4) is 0 Å². The Kier molecular flexibility index (Phi) is 4.29. The smallest absolute Gasteiger partial charge is 0.0773 e. The van der Waals surface area contributed by atoms with Crippen LogP contribution in [-0.2, 0) is 12.5 Å². The number of nitrogens with one attached hydrogen (secondary N) is 1. The number of aryl methyl sites for hydroxylation is 2. The number of aromatic nitrogens is 2. The second-order valence-corrected chi connectivity index (χ2v) is 10.0. The molecule has 2 aliphatic rings. The monoisotopic (exact) mass is 376 g/mol. The molecule has 148 valence electrons. The van der Waals surface area contributed by atoms with Crippen molar-refractivity contribution in [1.29, 1.82) is 0 Å². The van der Waals surface area contributed by atoms with Gasteiger partial charge in [0.25, 0.3) is 0 Å². The first-order valence-corrected chi connectivity index (χ1v) is 10.2. The van der Waals surface area contributed by atoms with Crippen LogP contribution in [0.15, 0.2) is 47.2 Å². The summed E-state index contributed by atoms with van der Waals surface area (Å²) in [5.74, 6) is 0.340. The van der Waals surface area contributed by atoms with E-state index in [9.17, 15) is 0 Å². The van der Waals surface area contributed by atoms with Crippen LogP contribution in [0.4, 0.5) is 0 Å². The number of hydrazone groups is 1. The number of hydrogen-bond donors (Lipinski definition) is 1. The van der Waals surface area contributed by atoms with E-state index in [1.54, 1.807) is 0 Å². The summed E-state index contributed by atoms with van der Waals surface area (Å²) < 4.78 is 1.96. The molecule has 2 atom stereocenters. The fourth-order valence-electron chi connectivity index (χ4n) is 5.02. The summed E-state index contributed by atoms with van der Waals surface area (Å²) in [7, 11) is 2.01. The van der Waals surface area contributed by atoms with Gasteiger partial charge in [-0.25, -0.2) is 0 Å². The van der Waals surface area contributed by atoms with Crippen molar-refractivity contribution in [2.75, 3.05) is 0 Å². The molecule has 28 heavy (non-hydrogen) atoms. The predicted octanol–water partition coefficient (Wildman–Crippen LogP) is 5.04. The third-order valence-corrected chi connectivity index (χ3v) is 6.33. The molecule has 2 heterocycles. The largest absolute Gasteiger partial charge is 0.302 e. The molecule has 1 aromatic carbocycles. The van der Waals surface area contributed by atoms with E-state index in [0.717, 1.165) is 6.42 Å². The first kappa shape index (κ1) is 19.0. The second-order valence-electron chi connectivity index (χ2n) is 10.0. The Labute approximate surface area is 168 Å². The predicted molar refractivity (Wildman–Crippen MR) is 118 cm³/mol. The van der Waals surface area contributed by atoms with Crippen molar-refractivity contribution >= 4 is 16.6 Å². The lowest BCUT2D eigenvalue weighted by Crippen LogP contribution is -2.38. The third kappa shape index (κ3) is 2.99. The van der Waals surface area contributed by atoms with Gasteiger partial charge in [0.15, 0.2) is 0 Å². The van der Waals surface area contributed by atoms with Gasteiger partial charge in [-0.05, 0) is 46.9 Å². The summed E-state index contributed by atoms with van der Waals surface area (Å²) in [6.07, 6.45) is 9.73. The van der Waals surface area contributed by atoms with E-state index in [1.807, 2.05) is 17.9 Å². The van der Waals surface area contributed by atoms with Crippen LogP contribution in [0.5, 0.6) is 0 Å². The lowest BCUT2D eigenvalue weighted by molar-refractivity contribution is 0.420. The molecule has 4 nitrogen and oxygen atoms in total. The molecule has 0 saturated heterocycles. The van der Waals surface area contributed by atoms with Crippen molar-refractivity contribution in [3.05, 3.63) is 53.3 Å². The highest BCUT2D eigenvalue weighted by Crippen LogP contribution is 2.41. The van der Waals surface area contributed by atoms with Gasteiger partial charge in [0.2, 0.25) is 0 Å². The quantitative estimate of drug-likeness (QED) is 0.816. The molecule has 2 aromatic rings. The molecule has 4 rings (SSSR count). The molecule has 2 unspecified atom stereocenters. The first-order chi connectivity index (χ1) is 13.1. The van der Waals surface area contributed by atoms with Crippen molar-refractivity contribution in [2.45, 2.75) is 59.4 Å². The van der Waals surface area contributed by atoms with Crippen molar-refractivity contribution in [3.8, 4) is 0 Å². The van der Waals surface area contributed by atoms with Crippen LogP contribution < -0.4 is 5.43 Å². The molecular weight excluding hydrogens is 344 g/mol. The number of nitrogens with zero attached hydrogens (tertiary/aromatic N) is 3. The van der Waals surface area contributed by atoms with E-state index in [1.165, 1.54) is 33.3 Å². The molecule has 1 aliphatic heterocycles. The minimum absolute atomic E-state index is 0.0288. The zero-order valence-corrected chi connectivity index (χ0v) is 18.2. The van der Waals surface area contributed by atoms with Gasteiger partial charge in [-0.1, -0.05) is 58.9 Å². The summed E-state index contributed by atoms with van der Waals surface area (Å²) in [4.78, 5) is 0. The minimum Gasteiger partial charge on any atom is -0.302 e. The third-order valence-electron chi connectivity index (χ3n) is 6.33. The topological polar surface area (TPSA) is 42.2 Å². The number of allylic oxidation sites excluding steroid dienone is 2. The molecule has 1 N–H and O–H groups in total. The zero-order chi connectivity index (χ0) is 20.3. The second kappa shape index (κ2) is 6.33. The molecule has 0 saturated carbocycles. The Morgan fingerprint density at radius 2 is 1.89 bits per heavy atom. The highest BCUT2D eigenvalue weighted by molar-refractivity contribution is 5.93. The Morgan fingerprint density at radius 1 is 1.14 bits per heavy atom. The van der Waals surface area contributed by atoms with Gasteiger partial charge in [0, 0.05) is 24.1 Å². The maximum atomic E-state index is 4.82. The first-order valence-electron chi connectivity index (χ1n) is 10.2. The maximum absolute atomic E-state index is 4.82. The Bertz CT molecular complexity index is 1010. The summed E-state index contributed by atoms with van der Waals surface area (Å²) in [6.45, 7) is 13.7. The van der Waals surface area contributed by atoms with Gasteiger partial charge in [-0.15, -0.1) is 0 Å². The SMILES string of the molecule is Cc1ccc2c(cnn2C)c1C(C)(C)CC1=NNC2C(C(C)(C)C)=CC=CC12. The standard InChI is InChI=1S/C24H32N4/c1-15-11-12-20-17(14-25-28(20)7)21(15)24(5,6)13-19-16-9-8-10-18(23(2,3)4)22(16)27-26-19/h8-12,14,16,22,27H,13H2,1-7H3. The lowest BCUT2D eigenvalue weighted by Gasteiger charge is -2.34. The van der Waals surface area contributed by atoms with Crippen LogP contribution in [0.1, 0.15) is 52.2 Å². The summed E-state index contributed by atoms with van der Waals surface area (Å²) >= 11 is 0. The fourth-order valence-corrected chi connectivity index (χ4v) is 5.02. The summed E-state index contributed by atoms with van der Waals surface area (Å²) in [5, 5.41) is 10.6. The van der Waals surface area contributed by atoms with Gasteiger partial charge in [0.1, 0.15) is 0 Å². The van der Waals surface area contributed by atoms with Gasteiger partial charge >= 0.3 is 0 Å². The van der Waals surface area contributed by atoms with E-state index in [0.29, 0.717) is 5.92 Å². The van der Waals surface area contributed by atoms with Crippen LogP contribution in [0.2, 0.25) is 0 Å². The van der Waals surface area contributed by atoms with Crippen LogP contribution in [-0.4, -0.2) is 21.5 Å². The minimum atomic E-state index is -0.0288. The number of hydrogen-bond acceptors (Lipinski definition) is 3. The Balaban J connectivity index is 1.66. The molecular formula is C24H32N4. The van der Waals surface area contributed by atoms with Crippen LogP contribution in [0.25, 0.3) is 10.9 Å². The van der Waals surface area contributed by atoms with Crippen molar-refractivity contribution in [2.24, 2.45) is 23.5 Å². The number of fused-ring (bicyclic) bond motifs is 2. The fraction of sp³-hybridized carbons (Fsp3) is 0.500. The summed E-state index contributed by atoms with van der Waals surface area (Å²) in [6, 6.07) is 4.68. The molecule has 1 aromatic heterocycles. The molecule has 0 bridgehead atoms. The lowest BCUT2D eigenvalue weighted by atomic mass is 9.71. The van der Waals surface area contributed by atoms with E-state index in [-0.39, 0.29) is 16.9 Å². The van der Waals surface area contributed by atoms with Crippen LogP contribution in [0, 0.1) is 18.3 Å². The maximum Gasteiger partial charge on any atom is 0.0773 e. The normalized spacial score (nSPS) is 22.1. The van der Waals surface area contributed by atoms with Gasteiger partial charge < -0.3 is 5.43 Å². The molecule has 1 aliphatic carbocycles. The number of rotatable bonds is 3. The summed E-state index contributed by atoms with van der Waals surface area (Å²) in [5.41, 5.74) is 10.1. The molecule has 0 amide bonds. The van der Waals surface area contributed by atoms with Gasteiger partial charge in [-0.2, -0.15) is 10.2 Å². The molecule has 4 heteroatoms. The molecule has 0 radical (unpaired) electrons. The molecule has 0 spiro atoms. The van der Waals surface area contributed by atoms with Gasteiger partial charge in [0.05, 0.1) is 17.8 Å². The van der Waals surface area contributed by atoms with Gasteiger partial charge in [-0.3, -0.25) is 4.68 Å². The average molecular weight is 377 g/mol. The van der Waals surface area contributed by atoms with E-state index in [4.69, 9.17) is 5.10 Å². The Morgan fingerprint density at radius 3 is 2.61 bits per heavy atom. The highest BCUT2D eigenvalue weighted by Gasteiger charge is 2.40. The van der Waals surface area contributed by atoms with Crippen molar-refractivity contribution in [1.82, 2.24) is 15.2 Å².